The van der Waals surface area contributed by atoms with Crippen molar-refractivity contribution in [1.29, 1.82) is 0 Å². The highest BCUT2D eigenvalue weighted by atomic mass is 16.6. The van der Waals surface area contributed by atoms with Crippen LogP contribution in [0.2, 0.25) is 0 Å². The van der Waals surface area contributed by atoms with Gasteiger partial charge in [0.1, 0.15) is 0 Å². The number of hydrogen-bond acceptors (Lipinski definition) is 3. The Balaban J connectivity index is 1.67. The van der Waals surface area contributed by atoms with E-state index in [-0.39, 0.29) is 11.7 Å². The Bertz CT molecular complexity index is 799. The van der Waals surface area contributed by atoms with E-state index in [0.717, 1.165) is 30.4 Å². The van der Waals surface area contributed by atoms with Gasteiger partial charge in [-0.1, -0.05) is 43.7 Å². The van der Waals surface area contributed by atoms with Crippen LogP contribution in [0.3, 0.4) is 0 Å². The summed E-state index contributed by atoms with van der Waals surface area (Å²) in [5, 5.41) is 0. The molecule has 0 spiro atoms. The van der Waals surface area contributed by atoms with Crippen molar-refractivity contribution in [2.75, 3.05) is 13.2 Å². The molecule has 1 aliphatic rings. The van der Waals surface area contributed by atoms with E-state index in [4.69, 9.17) is 4.74 Å². The molecule has 0 fully saturated rings. The summed E-state index contributed by atoms with van der Waals surface area (Å²) in [6.45, 7) is 4.28. The molecular weight excluding hydrogens is 328 g/mol. The molecule has 0 saturated heterocycles. The molecule has 0 radical (unpaired) electrons. The summed E-state index contributed by atoms with van der Waals surface area (Å²) in [6.07, 6.45) is 5.05. The summed E-state index contributed by atoms with van der Waals surface area (Å²) in [4.78, 5) is 26.3. The largest absolute Gasteiger partial charge is 0.449 e. The number of aromatic nitrogens is 1. The van der Waals surface area contributed by atoms with E-state index in [2.05, 4.69) is 19.1 Å². The molecule has 2 heterocycles. The predicted molar refractivity (Wildman–Crippen MR) is 101 cm³/mol. The van der Waals surface area contributed by atoms with Gasteiger partial charge in [-0.25, -0.2) is 4.79 Å². The highest BCUT2D eigenvalue weighted by Crippen LogP contribution is 2.18. The standard InChI is InChI=1S/C21H26N2O3/c1-2-3-13-26-21(25)23-12-10-18-14-20(24)22(15-19(18)16-23)11-9-17-7-5-4-6-8-17/h4-8,14-15H,2-3,9-13,16H2,1H3. The van der Waals surface area contributed by atoms with Crippen LogP contribution < -0.4 is 5.56 Å². The summed E-state index contributed by atoms with van der Waals surface area (Å²) in [5.74, 6) is 0. The van der Waals surface area contributed by atoms with Crippen molar-refractivity contribution < 1.29 is 9.53 Å². The maximum atomic E-state index is 12.4. The second-order valence-corrected chi connectivity index (χ2v) is 6.73. The van der Waals surface area contributed by atoms with Crippen LogP contribution >= 0.6 is 0 Å². The van der Waals surface area contributed by atoms with Crippen LogP contribution in [0.5, 0.6) is 0 Å². The SMILES string of the molecule is CCCCOC(=O)N1CCc2cc(=O)n(CCc3ccccc3)cc2C1. The first-order valence-electron chi connectivity index (χ1n) is 9.35. The quantitative estimate of drug-likeness (QED) is 0.747. The average molecular weight is 354 g/mol. The number of pyridine rings is 1. The molecule has 1 aromatic carbocycles. The number of amides is 1. The summed E-state index contributed by atoms with van der Waals surface area (Å²) in [5.41, 5.74) is 3.32. The molecule has 0 N–H and O–H groups in total. The number of hydrogen-bond donors (Lipinski definition) is 0. The Morgan fingerprint density at radius 3 is 2.77 bits per heavy atom. The van der Waals surface area contributed by atoms with Gasteiger partial charge in [0.25, 0.3) is 5.56 Å². The van der Waals surface area contributed by atoms with Crippen LogP contribution in [0.1, 0.15) is 36.5 Å². The van der Waals surface area contributed by atoms with Crippen LogP contribution in [-0.2, 0) is 30.7 Å². The third-order valence-electron chi connectivity index (χ3n) is 4.78. The molecule has 0 aliphatic carbocycles. The number of benzene rings is 1. The molecule has 0 unspecified atom stereocenters. The average Bonchev–Trinajstić information content (AvgIpc) is 2.67. The lowest BCUT2D eigenvalue weighted by molar-refractivity contribution is 0.0965. The minimum atomic E-state index is -0.258. The maximum absolute atomic E-state index is 12.4. The second-order valence-electron chi connectivity index (χ2n) is 6.73. The van der Waals surface area contributed by atoms with Crippen molar-refractivity contribution in [2.45, 2.75) is 45.7 Å². The van der Waals surface area contributed by atoms with E-state index in [1.54, 1.807) is 15.5 Å². The Morgan fingerprint density at radius 1 is 1.19 bits per heavy atom. The third-order valence-corrected chi connectivity index (χ3v) is 4.78. The highest BCUT2D eigenvalue weighted by Gasteiger charge is 2.22. The topological polar surface area (TPSA) is 51.5 Å². The number of fused-ring (bicyclic) bond motifs is 1. The van der Waals surface area contributed by atoms with Gasteiger partial charge in [0, 0.05) is 25.4 Å². The van der Waals surface area contributed by atoms with Crippen molar-refractivity contribution in [3.05, 3.63) is 69.6 Å². The fourth-order valence-electron chi connectivity index (χ4n) is 3.19. The zero-order chi connectivity index (χ0) is 18.4. The van der Waals surface area contributed by atoms with E-state index in [0.29, 0.717) is 32.7 Å². The number of nitrogens with zero attached hydrogens (tertiary/aromatic N) is 2. The van der Waals surface area contributed by atoms with Crippen LogP contribution in [-0.4, -0.2) is 28.7 Å². The van der Waals surface area contributed by atoms with Crippen LogP contribution in [0.25, 0.3) is 0 Å². The second kappa shape index (κ2) is 8.70. The molecule has 5 nitrogen and oxygen atoms in total. The Morgan fingerprint density at radius 2 is 2.00 bits per heavy atom. The van der Waals surface area contributed by atoms with E-state index < -0.39 is 0 Å². The molecule has 3 rings (SSSR count). The molecule has 0 bridgehead atoms. The van der Waals surface area contributed by atoms with Crippen molar-refractivity contribution in [1.82, 2.24) is 9.47 Å². The van der Waals surface area contributed by atoms with Gasteiger partial charge in [0.2, 0.25) is 0 Å². The molecule has 0 saturated carbocycles. The fraction of sp³-hybridized carbons (Fsp3) is 0.429. The van der Waals surface area contributed by atoms with Crippen molar-refractivity contribution in [2.24, 2.45) is 0 Å². The van der Waals surface area contributed by atoms with Gasteiger partial charge in [-0.3, -0.25) is 4.79 Å². The van der Waals surface area contributed by atoms with Crippen molar-refractivity contribution >= 4 is 6.09 Å². The number of ether oxygens (including phenoxy) is 1. The summed E-state index contributed by atoms with van der Waals surface area (Å²) in [7, 11) is 0. The van der Waals surface area contributed by atoms with Crippen LogP contribution in [0.4, 0.5) is 4.79 Å². The number of rotatable bonds is 6. The van der Waals surface area contributed by atoms with Crippen LogP contribution in [0.15, 0.2) is 47.4 Å². The lowest BCUT2D eigenvalue weighted by atomic mass is 10.0. The predicted octanol–water partition coefficient (Wildman–Crippen LogP) is 3.39. The summed E-state index contributed by atoms with van der Waals surface area (Å²) in [6, 6.07) is 11.9. The van der Waals surface area contributed by atoms with Gasteiger partial charge in [-0.2, -0.15) is 0 Å². The van der Waals surface area contributed by atoms with Crippen molar-refractivity contribution in [3.63, 3.8) is 0 Å². The molecule has 1 aromatic heterocycles. The van der Waals surface area contributed by atoms with E-state index in [9.17, 15) is 9.59 Å². The van der Waals surface area contributed by atoms with Gasteiger partial charge >= 0.3 is 6.09 Å². The number of aryl methyl sites for hydroxylation is 2. The molecule has 2 aromatic rings. The normalized spacial score (nSPS) is 13.3. The fourth-order valence-corrected chi connectivity index (χ4v) is 3.19. The Hall–Kier alpha value is -2.56. The molecular formula is C21H26N2O3. The number of carbonyl (C=O) groups is 1. The van der Waals surface area contributed by atoms with Crippen molar-refractivity contribution in [3.8, 4) is 0 Å². The highest BCUT2D eigenvalue weighted by molar-refractivity contribution is 5.68. The van der Waals surface area contributed by atoms with Crippen LogP contribution in [0, 0.1) is 0 Å². The first-order chi connectivity index (χ1) is 12.7. The first-order valence-corrected chi connectivity index (χ1v) is 9.35. The Kier molecular flexibility index (Phi) is 6.10. The van der Waals surface area contributed by atoms with E-state index in [1.807, 2.05) is 24.4 Å². The van der Waals surface area contributed by atoms with Gasteiger partial charge in [0.15, 0.2) is 0 Å². The van der Waals surface area contributed by atoms with Gasteiger partial charge in [-0.05, 0) is 36.0 Å². The molecule has 138 valence electrons. The monoisotopic (exact) mass is 354 g/mol. The molecule has 26 heavy (non-hydrogen) atoms. The molecule has 0 atom stereocenters. The molecule has 1 amide bonds. The van der Waals surface area contributed by atoms with E-state index >= 15 is 0 Å². The summed E-state index contributed by atoms with van der Waals surface area (Å²) >= 11 is 0. The third kappa shape index (κ3) is 4.54. The lowest BCUT2D eigenvalue weighted by Crippen LogP contribution is -2.38. The molecule has 5 heteroatoms. The Labute approximate surface area is 154 Å². The van der Waals surface area contributed by atoms with Gasteiger partial charge in [0.05, 0.1) is 13.2 Å². The van der Waals surface area contributed by atoms with E-state index in [1.165, 1.54) is 5.56 Å². The van der Waals surface area contributed by atoms with Gasteiger partial charge in [-0.15, -0.1) is 0 Å². The number of carbonyl (C=O) groups excluding carboxylic acids is 1. The maximum Gasteiger partial charge on any atom is 0.410 e. The van der Waals surface area contributed by atoms with Gasteiger partial charge < -0.3 is 14.2 Å². The lowest BCUT2D eigenvalue weighted by Gasteiger charge is -2.28. The summed E-state index contributed by atoms with van der Waals surface area (Å²) < 4.78 is 7.06. The smallest absolute Gasteiger partial charge is 0.410 e. The minimum Gasteiger partial charge on any atom is -0.449 e. The number of unbranched alkanes of at least 4 members (excludes halogenated alkanes) is 1. The zero-order valence-electron chi connectivity index (χ0n) is 15.3. The zero-order valence-corrected chi connectivity index (χ0v) is 15.3. The molecule has 1 aliphatic heterocycles. The first kappa shape index (κ1) is 18.2. The minimum absolute atomic E-state index is 0.0265.